The van der Waals surface area contributed by atoms with Gasteiger partial charge in [-0.1, -0.05) is 20.8 Å². The van der Waals surface area contributed by atoms with Crippen LogP contribution in [0.1, 0.15) is 52.9 Å². The molecule has 3 rings (SSSR count). The molecule has 2 aliphatic carbocycles. The topological polar surface area (TPSA) is 93.9 Å². The van der Waals surface area contributed by atoms with Crippen LogP contribution in [0.2, 0.25) is 0 Å². The minimum atomic E-state index is -0.621. The number of hydrogen-bond acceptors (Lipinski definition) is 5. The van der Waals surface area contributed by atoms with Crippen molar-refractivity contribution in [3.05, 3.63) is 0 Å². The van der Waals surface area contributed by atoms with Crippen molar-refractivity contribution in [3.63, 3.8) is 0 Å². The zero-order valence-electron chi connectivity index (χ0n) is 16.2. The standard InChI is InChI=1S/C19H33N3O4/c1-19(2,3)16(17(23)22-6-4-5-14(22)10-25-11-20)21-18(24)26-15-8-12-7-13(12)9-15/h12-16H,4-11,20H2,1-3H3,(H,21,24)/t12?,13?,14-,15?,16+/m0/s1. The van der Waals surface area contributed by atoms with E-state index in [0.29, 0.717) is 13.2 Å². The Bertz CT molecular complexity index is 523. The molecule has 3 fully saturated rings. The second kappa shape index (κ2) is 7.72. The molecule has 7 nitrogen and oxygen atoms in total. The first-order valence-electron chi connectivity index (χ1n) is 9.85. The fraction of sp³-hybridized carbons (Fsp3) is 0.895. The van der Waals surface area contributed by atoms with Crippen molar-refractivity contribution in [1.82, 2.24) is 10.2 Å². The normalized spacial score (nSPS) is 31.5. The number of amides is 2. The Kier molecular flexibility index (Phi) is 5.77. The first kappa shape index (κ1) is 19.4. The van der Waals surface area contributed by atoms with Gasteiger partial charge in [0.1, 0.15) is 12.1 Å². The van der Waals surface area contributed by atoms with Crippen LogP contribution < -0.4 is 11.1 Å². The number of nitrogens with one attached hydrogen (secondary N) is 1. The molecule has 3 N–H and O–H groups in total. The second-order valence-corrected chi connectivity index (χ2v) is 9.06. The molecule has 2 saturated carbocycles. The molecule has 26 heavy (non-hydrogen) atoms. The predicted molar refractivity (Wildman–Crippen MR) is 97.2 cm³/mol. The van der Waals surface area contributed by atoms with E-state index in [2.05, 4.69) is 5.32 Å². The summed E-state index contributed by atoms with van der Waals surface area (Å²) in [6.45, 7) is 7.16. The molecule has 1 saturated heterocycles. The van der Waals surface area contributed by atoms with E-state index in [0.717, 1.165) is 37.5 Å². The van der Waals surface area contributed by atoms with E-state index >= 15 is 0 Å². The Morgan fingerprint density at radius 1 is 1.23 bits per heavy atom. The molecule has 0 spiro atoms. The number of likely N-dealkylation sites (tertiary alicyclic amines) is 1. The summed E-state index contributed by atoms with van der Waals surface area (Å²) in [7, 11) is 0. The van der Waals surface area contributed by atoms with Gasteiger partial charge in [0.05, 0.1) is 19.4 Å². The Morgan fingerprint density at radius 2 is 1.92 bits per heavy atom. The lowest BCUT2D eigenvalue weighted by Gasteiger charge is -2.35. The van der Waals surface area contributed by atoms with E-state index < -0.39 is 17.6 Å². The molecule has 7 heteroatoms. The molecular weight excluding hydrogens is 334 g/mol. The van der Waals surface area contributed by atoms with Gasteiger partial charge in [0.25, 0.3) is 0 Å². The SMILES string of the molecule is CC(C)(C)[C@H](NC(=O)OC1CC2CC2C1)C(=O)N1CCC[C@H]1COCN. The van der Waals surface area contributed by atoms with Crippen molar-refractivity contribution in [2.75, 3.05) is 19.9 Å². The largest absolute Gasteiger partial charge is 0.446 e. The van der Waals surface area contributed by atoms with Crippen molar-refractivity contribution in [1.29, 1.82) is 0 Å². The van der Waals surface area contributed by atoms with Gasteiger partial charge >= 0.3 is 6.09 Å². The number of alkyl carbamates (subject to hydrolysis) is 1. The lowest BCUT2D eigenvalue weighted by molar-refractivity contribution is -0.138. The van der Waals surface area contributed by atoms with Crippen LogP contribution in [0.25, 0.3) is 0 Å². The number of ether oxygens (including phenoxy) is 2. The van der Waals surface area contributed by atoms with Crippen molar-refractivity contribution in [3.8, 4) is 0 Å². The molecule has 0 aromatic rings. The van der Waals surface area contributed by atoms with E-state index in [9.17, 15) is 9.59 Å². The van der Waals surface area contributed by atoms with Gasteiger partial charge in [0, 0.05) is 6.54 Å². The maximum atomic E-state index is 13.2. The maximum absolute atomic E-state index is 13.2. The highest BCUT2D eigenvalue weighted by Gasteiger charge is 2.47. The van der Waals surface area contributed by atoms with Crippen LogP contribution in [0.5, 0.6) is 0 Å². The molecule has 0 radical (unpaired) electrons. The number of carbonyl (C=O) groups is 2. The smallest absolute Gasteiger partial charge is 0.408 e. The Hall–Kier alpha value is -1.34. The van der Waals surface area contributed by atoms with Crippen molar-refractivity contribution >= 4 is 12.0 Å². The van der Waals surface area contributed by atoms with Crippen molar-refractivity contribution in [2.24, 2.45) is 23.0 Å². The van der Waals surface area contributed by atoms with Gasteiger partial charge in [-0.25, -0.2) is 4.79 Å². The molecule has 4 atom stereocenters. The van der Waals surface area contributed by atoms with E-state index in [1.165, 1.54) is 6.42 Å². The highest BCUT2D eigenvalue weighted by molar-refractivity contribution is 5.87. The number of carbonyl (C=O) groups excluding carboxylic acids is 2. The quantitative estimate of drug-likeness (QED) is 0.699. The molecule has 0 aromatic heterocycles. The summed E-state index contributed by atoms with van der Waals surface area (Å²) in [5.41, 5.74) is 5.01. The fourth-order valence-electron chi connectivity index (χ4n) is 4.38. The van der Waals surface area contributed by atoms with Gasteiger partial charge in [-0.3, -0.25) is 4.79 Å². The van der Waals surface area contributed by atoms with Gasteiger partial charge in [-0.05, 0) is 49.4 Å². The number of hydrogen-bond donors (Lipinski definition) is 2. The van der Waals surface area contributed by atoms with Crippen LogP contribution in [-0.2, 0) is 14.3 Å². The number of fused-ring (bicyclic) bond motifs is 1. The molecule has 2 amide bonds. The third-order valence-electron chi connectivity index (χ3n) is 5.94. The second-order valence-electron chi connectivity index (χ2n) is 9.06. The summed E-state index contributed by atoms with van der Waals surface area (Å²) in [6, 6.07) is -0.597. The Labute approximate surface area is 155 Å². The van der Waals surface area contributed by atoms with E-state index in [-0.39, 0.29) is 24.8 Å². The summed E-state index contributed by atoms with van der Waals surface area (Å²) >= 11 is 0. The molecule has 0 aromatic carbocycles. The highest BCUT2D eigenvalue weighted by Crippen LogP contribution is 2.52. The minimum Gasteiger partial charge on any atom is -0.446 e. The Balaban J connectivity index is 1.59. The van der Waals surface area contributed by atoms with E-state index in [4.69, 9.17) is 15.2 Å². The average molecular weight is 367 g/mol. The van der Waals surface area contributed by atoms with E-state index in [1.54, 1.807) is 0 Å². The molecule has 2 unspecified atom stereocenters. The average Bonchev–Trinajstić information content (AvgIpc) is 2.97. The van der Waals surface area contributed by atoms with E-state index in [1.807, 2.05) is 25.7 Å². The summed E-state index contributed by atoms with van der Waals surface area (Å²) in [5.74, 6) is 1.44. The van der Waals surface area contributed by atoms with Crippen LogP contribution in [0, 0.1) is 17.3 Å². The van der Waals surface area contributed by atoms with Gasteiger partial charge < -0.3 is 25.4 Å². The van der Waals surface area contributed by atoms with Gasteiger partial charge in [-0.2, -0.15) is 0 Å². The van der Waals surface area contributed by atoms with Crippen LogP contribution >= 0.6 is 0 Å². The van der Waals surface area contributed by atoms with Gasteiger partial charge in [0.2, 0.25) is 5.91 Å². The fourth-order valence-corrected chi connectivity index (χ4v) is 4.38. The molecule has 148 valence electrons. The van der Waals surface area contributed by atoms with Gasteiger partial charge in [0.15, 0.2) is 0 Å². The summed E-state index contributed by atoms with van der Waals surface area (Å²) in [5, 5.41) is 2.85. The number of rotatable bonds is 6. The maximum Gasteiger partial charge on any atom is 0.408 e. The molecule has 1 aliphatic heterocycles. The summed E-state index contributed by atoms with van der Waals surface area (Å²) in [6.07, 6.45) is 4.60. The number of nitrogens with two attached hydrogens (primary N) is 1. The predicted octanol–water partition coefficient (Wildman–Crippen LogP) is 1.85. The lowest BCUT2D eigenvalue weighted by Crippen LogP contribution is -2.56. The monoisotopic (exact) mass is 367 g/mol. The third kappa shape index (κ3) is 4.49. The molecule has 0 bridgehead atoms. The molecule has 1 heterocycles. The van der Waals surface area contributed by atoms with Crippen LogP contribution in [0.15, 0.2) is 0 Å². The zero-order valence-corrected chi connectivity index (χ0v) is 16.2. The first-order chi connectivity index (χ1) is 12.3. The minimum absolute atomic E-state index is 0.00644. The van der Waals surface area contributed by atoms with Crippen molar-refractivity contribution in [2.45, 2.75) is 71.1 Å². The summed E-state index contributed by atoms with van der Waals surface area (Å²) in [4.78, 5) is 27.4. The van der Waals surface area contributed by atoms with Crippen LogP contribution in [-0.4, -0.2) is 55.0 Å². The van der Waals surface area contributed by atoms with Crippen LogP contribution in [0.3, 0.4) is 0 Å². The lowest BCUT2D eigenvalue weighted by atomic mass is 9.85. The zero-order chi connectivity index (χ0) is 18.9. The van der Waals surface area contributed by atoms with Crippen molar-refractivity contribution < 1.29 is 19.1 Å². The molecule has 3 aliphatic rings. The number of nitrogens with zero attached hydrogens (tertiary/aromatic N) is 1. The third-order valence-corrected chi connectivity index (χ3v) is 5.94. The first-order valence-corrected chi connectivity index (χ1v) is 9.85. The molecular formula is C19H33N3O4. The highest BCUT2D eigenvalue weighted by atomic mass is 16.6. The summed E-state index contributed by atoms with van der Waals surface area (Å²) < 4.78 is 10.9. The Morgan fingerprint density at radius 3 is 2.54 bits per heavy atom. The van der Waals surface area contributed by atoms with Gasteiger partial charge in [-0.15, -0.1) is 0 Å². The van der Waals surface area contributed by atoms with Crippen LogP contribution in [0.4, 0.5) is 4.79 Å².